The summed E-state index contributed by atoms with van der Waals surface area (Å²) in [4.78, 5) is 14.5. The third-order valence-electron chi connectivity index (χ3n) is 4.69. The standard InChI is InChI=1S/C19H18FN3O2/c20-15-3-1-2-13(8-15)18-9-16(24)11-23(18)19(25)7-12-4-5-17-14(6-12)10-21-22-17/h1-6,8,10,16,18,24H,7,9,11H2,(H,21,22). The zero-order valence-corrected chi connectivity index (χ0v) is 13.5. The second-order valence-corrected chi connectivity index (χ2v) is 6.47. The molecule has 2 N–H and O–H groups in total. The van der Waals surface area contributed by atoms with Crippen LogP contribution in [0.4, 0.5) is 4.39 Å². The number of carbonyl (C=O) groups excluding carboxylic acids is 1. The Kier molecular flexibility index (Phi) is 3.97. The van der Waals surface area contributed by atoms with E-state index in [1.54, 1.807) is 23.2 Å². The fourth-order valence-electron chi connectivity index (χ4n) is 3.50. The lowest BCUT2D eigenvalue weighted by Crippen LogP contribution is -2.33. The van der Waals surface area contributed by atoms with Gasteiger partial charge in [-0.05, 0) is 41.8 Å². The summed E-state index contributed by atoms with van der Waals surface area (Å²) in [6.45, 7) is 0.272. The average Bonchev–Trinajstić information content (AvgIpc) is 3.20. The van der Waals surface area contributed by atoms with Crippen LogP contribution in [0.25, 0.3) is 10.9 Å². The Bertz CT molecular complexity index is 924. The Balaban J connectivity index is 1.56. The number of aromatic amines is 1. The molecule has 128 valence electrons. The lowest BCUT2D eigenvalue weighted by Gasteiger charge is -2.25. The van der Waals surface area contributed by atoms with Gasteiger partial charge in [-0.2, -0.15) is 5.10 Å². The van der Waals surface area contributed by atoms with Crippen molar-refractivity contribution in [2.45, 2.75) is 25.0 Å². The zero-order valence-electron chi connectivity index (χ0n) is 13.5. The van der Waals surface area contributed by atoms with Crippen molar-refractivity contribution in [3.8, 4) is 0 Å². The van der Waals surface area contributed by atoms with Gasteiger partial charge in [-0.1, -0.05) is 18.2 Å². The summed E-state index contributed by atoms with van der Waals surface area (Å²) < 4.78 is 13.5. The number of hydrogen-bond acceptors (Lipinski definition) is 3. The third kappa shape index (κ3) is 3.13. The third-order valence-corrected chi connectivity index (χ3v) is 4.69. The highest BCUT2D eigenvalue weighted by Gasteiger charge is 2.35. The predicted octanol–water partition coefficient (Wildman–Crippen LogP) is 2.58. The number of nitrogens with one attached hydrogen (secondary N) is 1. The van der Waals surface area contributed by atoms with Crippen LogP contribution >= 0.6 is 0 Å². The molecule has 0 spiro atoms. The van der Waals surface area contributed by atoms with Crippen LogP contribution in [0.1, 0.15) is 23.6 Å². The largest absolute Gasteiger partial charge is 0.391 e. The van der Waals surface area contributed by atoms with Crippen molar-refractivity contribution in [3.63, 3.8) is 0 Å². The summed E-state index contributed by atoms with van der Waals surface area (Å²) in [5.74, 6) is -0.412. The fourth-order valence-corrected chi connectivity index (χ4v) is 3.50. The molecule has 25 heavy (non-hydrogen) atoms. The molecule has 3 aromatic rings. The van der Waals surface area contributed by atoms with Crippen LogP contribution in [0, 0.1) is 5.82 Å². The molecule has 1 aliphatic heterocycles. The Hall–Kier alpha value is -2.73. The molecule has 0 radical (unpaired) electrons. The van der Waals surface area contributed by atoms with Gasteiger partial charge >= 0.3 is 0 Å². The molecule has 1 fully saturated rings. The van der Waals surface area contributed by atoms with Crippen molar-refractivity contribution in [2.75, 3.05) is 6.54 Å². The molecule has 1 saturated heterocycles. The van der Waals surface area contributed by atoms with Crippen LogP contribution in [0.2, 0.25) is 0 Å². The van der Waals surface area contributed by atoms with Crippen LogP contribution in [-0.2, 0) is 11.2 Å². The highest BCUT2D eigenvalue weighted by atomic mass is 19.1. The maximum Gasteiger partial charge on any atom is 0.227 e. The van der Waals surface area contributed by atoms with E-state index in [-0.39, 0.29) is 30.7 Å². The molecule has 6 heteroatoms. The molecular formula is C19H18FN3O2. The molecule has 4 rings (SSSR count). The van der Waals surface area contributed by atoms with Gasteiger partial charge in [0.15, 0.2) is 0 Å². The number of nitrogens with zero attached hydrogens (tertiary/aromatic N) is 2. The van der Waals surface area contributed by atoms with Crippen molar-refractivity contribution in [3.05, 3.63) is 65.6 Å². The number of fused-ring (bicyclic) bond motifs is 1. The molecule has 5 nitrogen and oxygen atoms in total. The Labute approximate surface area is 144 Å². The molecule has 1 aromatic heterocycles. The smallest absolute Gasteiger partial charge is 0.227 e. The minimum Gasteiger partial charge on any atom is -0.391 e. The number of aliphatic hydroxyl groups is 1. The van der Waals surface area contributed by atoms with Crippen LogP contribution in [-0.4, -0.2) is 38.8 Å². The summed E-state index contributed by atoms with van der Waals surface area (Å²) in [6, 6.07) is 11.7. The van der Waals surface area contributed by atoms with Crippen LogP contribution in [0.5, 0.6) is 0 Å². The van der Waals surface area contributed by atoms with Gasteiger partial charge in [-0.3, -0.25) is 9.89 Å². The Morgan fingerprint density at radius 2 is 2.20 bits per heavy atom. The summed E-state index contributed by atoms with van der Waals surface area (Å²) in [5, 5.41) is 17.8. The van der Waals surface area contributed by atoms with Gasteiger partial charge in [0.05, 0.1) is 30.3 Å². The quantitative estimate of drug-likeness (QED) is 0.771. The fraction of sp³-hybridized carbons (Fsp3) is 0.263. The second kappa shape index (κ2) is 6.29. The number of likely N-dealkylation sites (tertiary alicyclic amines) is 1. The topological polar surface area (TPSA) is 69.2 Å². The van der Waals surface area contributed by atoms with Crippen LogP contribution in [0.3, 0.4) is 0 Å². The van der Waals surface area contributed by atoms with Gasteiger partial charge in [-0.25, -0.2) is 4.39 Å². The van der Waals surface area contributed by atoms with E-state index in [0.29, 0.717) is 6.42 Å². The Morgan fingerprint density at radius 1 is 1.32 bits per heavy atom. The van der Waals surface area contributed by atoms with E-state index in [1.165, 1.54) is 12.1 Å². The summed E-state index contributed by atoms with van der Waals surface area (Å²) >= 11 is 0. The van der Waals surface area contributed by atoms with Gasteiger partial charge in [0.25, 0.3) is 0 Å². The molecule has 1 aliphatic rings. The number of halogens is 1. The van der Waals surface area contributed by atoms with Crippen LogP contribution in [0.15, 0.2) is 48.7 Å². The number of hydrogen-bond donors (Lipinski definition) is 2. The second-order valence-electron chi connectivity index (χ2n) is 6.47. The van der Waals surface area contributed by atoms with Crippen LogP contribution < -0.4 is 0 Å². The predicted molar refractivity (Wildman–Crippen MR) is 91.3 cm³/mol. The van der Waals surface area contributed by atoms with Gasteiger partial charge in [0.1, 0.15) is 5.82 Å². The molecule has 1 amide bonds. The molecule has 2 aromatic carbocycles. The Morgan fingerprint density at radius 3 is 3.04 bits per heavy atom. The number of carbonyl (C=O) groups is 1. The number of aliphatic hydroxyl groups excluding tert-OH is 1. The zero-order chi connectivity index (χ0) is 17.4. The summed E-state index contributed by atoms with van der Waals surface area (Å²) in [6.07, 6.45) is 1.79. The SMILES string of the molecule is O=C(Cc1ccc2[nH]ncc2c1)N1CC(O)CC1c1cccc(F)c1. The monoisotopic (exact) mass is 339 g/mol. The van der Waals surface area contributed by atoms with Crippen molar-refractivity contribution in [1.29, 1.82) is 0 Å². The molecule has 2 heterocycles. The highest BCUT2D eigenvalue weighted by molar-refractivity contribution is 5.83. The maximum absolute atomic E-state index is 13.5. The number of H-pyrrole nitrogens is 1. The first-order valence-corrected chi connectivity index (χ1v) is 8.25. The molecule has 2 atom stereocenters. The van der Waals surface area contributed by atoms with Gasteiger partial charge in [-0.15, -0.1) is 0 Å². The minimum atomic E-state index is -0.589. The number of benzene rings is 2. The van der Waals surface area contributed by atoms with E-state index in [0.717, 1.165) is 22.0 Å². The number of amides is 1. The maximum atomic E-state index is 13.5. The number of rotatable bonds is 3. The average molecular weight is 339 g/mol. The van der Waals surface area contributed by atoms with Gasteiger partial charge in [0.2, 0.25) is 5.91 Å². The van der Waals surface area contributed by atoms with Gasteiger partial charge < -0.3 is 10.0 Å². The summed E-state index contributed by atoms with van der Waals surface area (Å²) in [7, 11) is 0. The molecule has 0 aliphatic carbocycles. The molecule has 0 bridgehead atoms. The van der Waals surface area contributed by atoms with E-state index in [2.05, 4.69) is 10.2 Å². The molecule has 2 unspecified atom stereocenters. The lowest BCUT2D eigenvalue weighted by molar-refractivity contribution is -0.131. The first-order valence-electron chi connectivity index (χ1n) is 8.25. The molecule has 0 saturated carbocycles. The van der Waals surface area contributed by atoms with E-state index in [9.17, 15) is 14.3 Å². The van der Waals surface area contributed by atoms with Crippen molar-refractivity contribution < 1.29 is 14.3 Å². The first kappa shape index (κ1) is 15.8. The van der Waals surface area contributed by atoms with Gasteiger partial charge in [0, 0.05) is 11.9 Å². The highest BCUT2D eigenvalue weighted by Crippen LogP contribution is 2.33. The first-order chi connectivity index (χ1) is 12.1. The van der Waals surface area contributed by atoms with E-state index in [1.807, 2.05) is 18.2 Å². The van der Waals surface area contributed by atoms with Crippen molar-refractivity contribution >= 4 is 16.8 Å². The normalized spacial score (nSPS) is 20.3. The minimum absolute atomic E-state index is 0.0753. The van der Waals surface area contributed by atoms with Crippen molar-refractivity contribution in [1.82, 2.24) is 15.1 Å². The lowest BCUT2D eigenvalue weighted by atomic mass is 10.0. The van der Waals surface area contributed by atoms with E-state index >= 15 is 0 Å². The van der Waals surface area contributed by atoms with Crippen molar-refractivity contribution in [2.24, 2.45) is 0 Å². The number of β-amino-alcohol motifs (C(OH)–C–C–N with tert-alkyl or cyclic N) is 1. The summed E-state index contributed by atoms with van der Waals surface area (Å²) in [5.41, 5.74) is 2.53. The van der Waals surface area contributed by atoms with E-state index in [4.69, 9.17) is 0 Å². The van der Waals surface area contributed by atoms with E-state index < -0.39 is 6.10 Å². The number of aromatic nitrogens is 2. The molecular weight excluding hydrogens is 321 g/mol.